The molecular formula is C25H27N3O3. The zero-order chi connectivity index (χ0) is 22.4. The van der Waals surface area contributed by atoms with Gasteiger partial charge in [0, 0.05) is 5.56 Å². The molecule has 1 amide bonds. The molecule has 3 aromatic carbocycles. The van der Waals surface area contributed by atoms with Crippen LogP contribution in [0.5, 0.6) is 11.5 Å². The highest BCUT2D eigenvalue weighted by molar-refractivity contribution is 5.94. The number of amidine groups is 1. The summed E-state index contributed by atoms with van der Waals surface area (Å²) < 4.78 is 11.7. The van der Waals surface area contributed by atoms with E-state index in [1.807, 2.05) is 48.5 Å². The number of nitrogens with one attached hydrogen (secondary N) is 1. The Bertz CT molecular complexity index is 1060. The van der Waals surface area contributed by atoms with E-state index >= 15 is 0 Å². The van der Waals surface area contributed by atoms with Crippen LogP contribution in [0.1, 0.15) is 36.1 Å². The Hall–Kier alpha value is -3.80. The Morgan fingerprint density at radius 3 is 1.77 bits per heavy atom. The van der Waals surface area contributed by atoms with E-state index < -0.39 is 5.41 Å². The van der Waals surface area contributed by atoms with E-state index in [1.54, 1.807) is 38.1 Å². The highest BCUT2D eigenvalue weighted by Gasteiger charge is 2.27. The second kappa shape index (κ2) is 9.34. The first-order chi connectivity index (χ1) is 14.8. The van der Waals surface area contributed by atoms with Crippen LogP contribution in [-0.2, 0) is 23.4 Å². The van der Waals surface area contributed by atoms with Crippen LogP contribution < -0.4 is 20.9 Å². The minimum Gasteiger partial charge on any atom is -0.489 e. The van der Waals surface area contributed by atoms with E-state index in [1.165, 1.54) is 0 Å². The summed E-state index contributed by atoms with van der Waals surface area (Å²) in [6, 6.07) is 22.5. The van der Waals surface area contributed by atoms with E-state index in [2.05, 4.69) is 0 Å². The smallest absolute Gasteiger partial charge is 0.227 e. The molecule has 0 aromatic heterocycles. The average Bonchev–Trinajstić information content (AvgIpc) is 2.77. The Balaban J connectivity index is 1.57. The number of ether oxygens (including phenoxy) is 2. The predicted molar refractivity (Wildman–Crippen MR) is 121 cm³/mol. The van der Waals surface area contributed by atoms with Crippen molar-refractivity contribution in [2.75, 3.05) is 0 Å². The summed E-state index contributed by atoms with van der Waals surface area (Å²) in [4.78, 5) is 11.6. The van der Waals surface area contributed by atoms with E-state index in [-0.39, 0.29) is 11.7 Å². The summed E-state index contributed by atoms with van der Waals surface area (Å²) in [6.07, 6.45) is 0. The fourth-order valence-corrected chi connectivity index (χ4v) is 2.98. The zero-order valence-electron chi connectivity index (χ0n) is 17.7. The summed E-state index contributed by atoms with van der Waals surface area (Å²) in [6.45, 7) is 4.44. The van der Waals surface area contributed by atoms with Gasteiger partial charge in [-0.2, -0.15) is 0 Å². The highest BCUT2D eigenvalue weighted by Crippen LogP contribution is 2.25. The van der Waals surface area contributed by atoms with Crippen molar-refractivity contribution in [2.24, 2.45) is 11.5 Å². The largest absolute Gasteiger partial charge is 0.489 e. The van der Waals surface area contributed by atoms with Crippen molar-refractivity contribution in [1.82, 2.24) is 0 Å². The molecule has 0 heterocycles. The second-order valence-corrected chi connectivity index (χ2v) is 7.85. The molecule has 0 fully saturated rings. The maximum Gasteiger partial charge on any atom is 0.227 e. The topological polar surface area (TPSA) is 111 Å². The molecule has 160 valence electrons. The Labute approximate surface area is 182 Å². The van der Waals surface area contributed by atoms with E-state index in [0.29, 0.717) is 24.5 Å². The van der Waals surface area contributed by atoms with Gasteiger partial charge < -0.3 is 20.9 Å². The Kier molecular flexibility index (Phi) is 6.60. The van der Waals surface area contributed by atoms with Gasteiger partial charge in [0.05, 0.1) is 5.41 Å². The third kappa shape index (κ3) is 5.63. The molecule has 0 unspecified atom stereocenters. The summed E-state index contributed by atoms with van der Waals surface area (Å²) in [5.41, 5.74) is 13.8. The van der Waals surface area contributed by atoms with Crippen LogP contribution in [0.2, 0.25) is 0 Å². The Morgan fingerprint density at radius 1 is 0.839 bits per heavy atom. The Morgan fingerprint density at radius 2 is 1.32 bits per heavy atom. The monoisotopic (exact) mass is 417 g/mol. The van der Waals surface area contributed by atoms with Crippen molar-refractivity contribution in [3.05, 3.63) is 95.1 Å². The standard InChI is InChI=1S/C25H27N3O3/c1-25(2,24(28)29)20-8-12-22(13-9-20)31-16-18-5-3-4-17(14-18)15-30-21-10-6-19(7-11-21)23(26)27/h3-14H,15-16H2,1-2H3,(H3,26,27)(H2,28,29). The minimum absolute atomic E-state index is 0.0328. The molecule has 0 bridgehead atoms. The van der Waals surface area contributed by atoms with Gasteiger partial charge in [-0.15, -0.1) is 0 Å². The number of carbonyl (C=O) groups excluding carboxylic acids is 1. The molecule has 0 atom stereocenters. The maximum atomic E-state index is 11.6. The molecule has 0 saturated carbocycles. The van der Waals surface area contributed by atoms with Gasteiger partial charge >= 0.3 is 0 Å². The van der Waals surface area contributed by atoms with Crippen molar-refractivity contribution >= 4 is 11.7 Å². The van der Waals surface area contributed by atoms with Crippen LogP contribution in [0.15, 0.2) is 72.8 Å². The van der Waals surface area contributed by atoms with Crippen LogP contribution >= 0.6 is 0 Å². The van der Waals surface area contributed by atoms with Crippen LogP contribution in [0.4, 0.5) is 0 Å². The molecule has 0 aliphatic heterocycles. The third-order valence-electron chi connectivity index (χ3n) is 5.16. The van der Waals surface area contributed by atoms with Gasteiger partial charge in [0.25, 0.3) is 0 Å². The lowest BCUT2D eigenvalue weighted by Gasteiger charge is -2.21. The fourth-order valence-electron chi connectivity index (χ4n) is 2.98. The lowest BCUT2D eigenvalue weighted by Crippen LogP contribution is -2.35. The number of nitrogen functional groups attached to an aromatic ring is 1. The molecule has 0 aliphatic rings. The number of amides is 1. The number of benzene rings is 3. The minimum atomic E-state index is -0.723. The van der Waals surface area contributed by atoms with E-state index in [0.717, 1.165) is 22.4 Å². The van der Waals surface area contributed by atoms with Gasteiger partial charge in [0.2, 0.25) is 5.91 Å². The highest BCUT2D eigenvalue weighted by atomic mass is 16.5. The lowest BCUT2D eigenvalue weighted by molar-refractivity contribution is -0.122. The van der Waals surface area contributed by atoms with Crippen molar-refractivity contribution in [1.29, 1.82) is 5.41 Å². The summed E-state index contributed by atoms with van der Waals surface area (Å²) in [5.74, 6) is 1.10. The van der Waals surface area contributed by atoms with Crippen LogP contribution in [0.25, 0.3) is 0 Å². The molecule has 6 nitrogen and oxygen atoms in total. The third-order valence-corrected chi connectivity index (χ3v) is 5.16. The zero-order valence-corrected chi connectivity index (χ0v) is 17.7. The fraction of sp³-hybridized carbons (Fsp3) is 0.200. The molecule has 5 N–H and O–H groups in total. The average molecular weight is 418 g/mol. The number of primary amides is 1. The normalized spacial score (nSPS) is 11.0. The SMILES string of the molecule is CC(C)(C(N)=O)c1ccc(OCc2cccc(COc3ccc(C(=N)N)cc3)c2)cc1. The van der Waals surface area contributed by atoms with Crippen molar-refractivity contribution < 1.29 is 14.3 Å². The van der Waals surface area contributed by atoms with Crippen molar-refractivity contribution in [3.8, 4) is 11.5 Å². The quantitative estimate of drug-likeness (QED) is 0.362. The van der Waals surface area contributed by atoms with Crippen LogP contribution in [-0.4, -0.2) is 11.7 Å². The lowest BCUT2D eigenvalue weighted by atomic mass is 9.84. The van der Waals surface area contributed by atoms with E-state index in [4.69, 9.17) is 26.4 Å². The van der Waals surface area contributed by atoms with Gasteiger partial charge in [-0.3, -0.25) is 10.2 Å². The molecule has 6 heteroatoms. The number of carbonyl (C=O) groups is 1. The molecule has 3 rings (SSSR count). The molecular weight excluding hydrogens is 390 g/mol. The number of hydrogen-bond donors (Lipinski definition) is 3. The molecule has 0 saturated heterocycles. The molecule has 0 radical (unpaired) electrons. The van der Waals surface area contributed by atoms with E-state index in [9.17, 15) is 4.79 Å². The molecule has 0 aliphatic carbocycles. The predicted octanol–water partition coefficient (Wildman–Crippen LogP) is 3.89. The first kappa shape index (κ1) is 21.9. The van der Waals surface area contributed by atoms with Crippen molar-refractivity contribution in [3.63, 3.8) is 0 Å². The van der Waals surface area contributed by atoms with Gasteiger partial charge in [-0.05, 0) is 73.0 Å². The molecule has 3 aromatic rings. The maximum absolute atomic E-state index is 11.6. The number of nitrogens with two attached hydrogens (primary N) is 2. The molecule has 0 spiro atoms. The molecule has 31 heavy (non-hydrogen) atoms. The van der Waals surface area contributed by atoms with Gasteiger partial charge in [0.1, 0.15) is 30.5 Å². The summed E-state index contributed by atoms with van der Waals surface area (Å²) in [5, 5.41) is 7.43. The first-order valence-electron chi connectivity index (χ1n) is 9.94. The summed E-state index contributed by atoms with van der Waals surface area (Å²) >= 11 is 0. The van der Waals surface area contributed by atoms with Gasteiger partial charge in [0.15, 0.2) is 0 Å². The second-order valence-electron chi connectivity index (χ2n) is 7.85. The summed E-state index contributed by atoms with van der Waals surface area (Å²) in [7, 11) is 0. The first-order valence-corrected chi connectivity index (χ1v) is 9.94. The number of hydrogen-bond acceptors (Lipinski definition) is 4. The van der Waals surface area contributed by atoms with Crippen molar-refractivity contribution in [2.45, 2.75) is 32.5 Å². The number of rotatable bonds is 9. The van der Waals surface area contributed by atoms with Crippen LogP contribution in [0, 0.1) is 5.41 Å². The van der Waals surface area contributed by atoms with Crippen LogP contribution in [0.3, 0.4) is 0 Å². The van der Waals surface area contributed by atoms with Gasteiger partial charge in [-0.25, -0.2) is 0 Å². The van der Waals surface area contributed by atoms with Gasteiger partial charge in [-0.1, -0.05) is 30.3 Å².